The Morgan fingerprint density at radius 2 is 2.33 bits per heavy atom. The first-order valence-corrected chi connectivity index (χ1v) is 8.13. The SMILES string of the molecule is C[C@@H]1OCC[C@H]1Nc1ccc(Cl)c(C[S@@](C)=O)c1. The van der Waals surface area contributed by atoms with Crippen LogP contribution in [-0.4, -0.2) is 29.2 Å². The first kappa shape index (κ1) is 13.8. The van der Waals surface area contributed by atoms with Gasteiger partial charge in [-0.1, -0.05) is 11.6 Å². The van der Waals surface area contributed by atoms with E-state index in [-0.39, 0.29) is 6.10 Å². The van der Waals surface area contributed by atoms with E-state index in [4.69, 9.17) is 16.3 Å². The van der Waals surface area contributed by atoms with Crippen molar-refractivity contribution >= 4 is 28.1 Å². The van der Waals surface area contributed by atoms with Crippen LogP contribution in [0.25, 0.3) is 0 Å². The average molecular weight is 288 g/mol. The summed E-state index contributed by atoms with van der Waals surface area (Å²) in [6.07, 6.45) is 2.92. The second-order valence-corrected chi connectivity index (χ2v) is 6.48. The van der Waals surface area contributed by atoms with Gasteiger partial charge in [0.05, 0.1) is 12.1 Å². The molecule has 100 valence electrons. The second kappa shape index (κ2) is 6.04. The molecule has 1 N–H and O–H groups in total. The van der Waals surface area contributed by atoms with Crippen molar-refractivity contribution in [2.45, 2.75) is 31.2 Å². The largest absolute Gasteiger partial charge is 0.380 e. The fraction of sp³-hybridized carbons (Fsp3) is 0.538. The summed E-state index contributed by atoms with van der Waals surface area (Å²) >= 11 is 6.10. The fourth-order valence-electron chi connectivity index (χ4n) is 2.13. The molecule has 0 aliphatic carbocycles. The predicted octanol–water partition coefficient (Wildman–Crippen LogP) is 2.81. The molecule has 0 spiro atoms. The van der Waals surface area contributed by atoms with E-state index in [0.29, 0.717) is 16.8 Å². The molecule has 2 rings (SSSR count). The van der Waals surface area contributed by atoms with Crippen LogP contribution in [0.2, 0.25) is 5.02 Å². The molecule has 3 nitrogen and oxygen atoms in total. The predicted molar refractivity (Wildman–Crippen MR) is 76.7 cm³/mol. The lowest BCUT2D eigenvalue weighted by Crippen LogP contribution is -2.26. The van der Waals surface area contributed by atoms with Gasteiger partial charge in [0.15, 0.2) is 0 Å². The Bertz CT molecular complexity index is 453. The van der Waals surface area contributed by atoms with Crippen LogP contribution >= 0.6 is 11.6 Å². The minimum atomic E-state index is -0.883. The second-order valence-electron chi connectivity index (χ2n) is 4.64. The normalized spacial score (nSPS) is 25.1. The Kier molecular flexibility index (Phi) is 4.65. The highest BCUT2D eigenvalue weighted by atomic mass is 35.5. The Hall–Kier alpha value is -0.580. The lowest BCUT2D eigenvalue weighted by molar-refractivity contribution is 0.121. The maximum Gasteiger partial charge on any atom is 0.0748 e. The van der Waals surface area contributed by atoms with Gasteiger partial charge in [0, 0.05) is 40.1 Å². The zero-order valence-electron chi connectivity index (χ0n) is 10.6. The Balaban J connectivity index is 2.11. The van der Waals surface area contributed by atoms with E-state index in [1.807, 2.05) is 18.2 Å². The van der Waals surface area contributed by atoms with E-state index in [1.54, 1.807) is 6.26 Å². The minimum Gasteiger partial charge on any atom is -0.380 e. The lowest BCUT2D eigenvalue weighted by atomic mass is 10.1. The molecular formula is C13H18ClNO2S. The molecule has 1 aromatic rings. The van der Waals surface area contributed by atoms with Gasteiger partial charge in [0.1, 0.15) is 0 Å². The first-order valence-electron chi connectivity index (χ1n) is 6.03. The number of benzene rings is 1. The molecule has 1 aromatic carbocycles. The van der Waals surface area contributed by atoms with E-state index in [1.165, 1.54) is 0 Å². The topological polar surface area (TPSA) is 38.3 Å². The first-order chi connectivity index (χ1) is 8.56. The van der Waals surface area contributed by atoms with Crippen LogP contribution in [0.3, 0.4) is 0 Å². The highest BCUT2D eigenvalue weighted by Crippen LogP contribution is 2.24. The number of nitrogens with one attached hydrogen (secondary N) is 1. The number of hydrogen-bond donors (Lipinski definition) is 1. The third-order valence-corrected chi connectivity index (χ3v) is 4.22. The molecular weight excluding hydrogens is 270 g/mol. The van der Waals surface area contributed by atoms with Crippen molar-refractivity contribution in [1.29, 1.82) is 0 Å². The summed E-state index contributed by atoms with van der Waals surface area (Å²) < 4.78 is 16.8. The molecule has 0 amide bonds. The summed E-state index contributed by atoms with van der Waals surface area (Å²) in [5.41, 5.74) is 1.94. The number of hydrogen-bond acceptors (Lipinski definition) is 3. The quantitative estimate of drug-likeness (QED) is 0.925. The van der Waals surface area contributed by atoms with Crippen molar-refractivity contribution in [2.24, 2.45) is 0 Å². The van der Waals surface area contributed by atoms with Gasteiger partial charge in [-0.15, -0.1) is 0 Å². The van der Waals surface area contributed by atoms with Gasteiger partial charge in [-0.2, -0.15) is 0 Å². The molecule has 0 saturated carbocycles. The average Bonchev–Trinajstić information content (AvgIpc) is 2.69. The maximum atomic E-state index is 11.3. The molecule has 1 saturated heterocycles. The van der Waals surface area contributed by atoms with Crippen LogP contribution < -0.4 is 5.32 Å². The Labute approximate surface area is 115 Å². The molecule has 1 aliphatic rings. The lowest BCUT2D eigenvalue weighted by Gasteiger charge is -2.18. The van der Waals surface area contributed by atoms with Gasteiger partial charge in [-0.05, 0) is 37.1 Å². The van der Waals surface area contributed by atoms with Crippen molar-refractivity contribution in [3.8, 4) is 0 Å². The zero-order valence-corrected chi connectivity index (χ0v) is 12.2. The van der Waals surface area contributed by atoms with Gasteiger partial charge < -0.3 is 10.1 Å². The van der Waals surface area contributed by atoms with Crippen LogP contribution in [0, 0.1) is 0 Å². The van der Waals surface area contributed by atoms with Gasteiger partial charge in [0.2, 0.25) is 0 Å². The van der Waals surface area contributed by atoms with Gasteiger partial charge in [-0.25, -0.2) is 0 Å². The molecule has 18 heavy (non-hydrogen) atoms. The van der Waals surface area contributed by atoms with Crippen molar-refractivity contribution in [1.82, 2.24) is 0 Å². The summed E-state index contributed by atoms with van der Waals surface area (Å²) in [5, 5.41) is 4.12. The van der Waals surface area contributed by atoms with Crippen LogP contribution in [0.1, 0.15) is 18.9 Å². The maximum absolute atomic E-state index is 11.3. The Morgan fingerprint density at radius 3 is 2.94 bits per heavy atom. The molecule has 1 aliphatic heterocycles. The summed E-state index contributed by atoms with van der Waals surface area (Å²) in [5.74, 6) is 0.491. The van der Waals surface area contributed by atoms with E-state index in [2.05, 4.69) is 12.2 Å². The standard InChI is InChI=1S/C13H18ClNO2S/c1-9-13(5-6-17-9)15-11-3-4-12(14)10(7-11)8-18(2)16/h3-4,7,9,13,15H,5-6,8H2,1-2H3/t9-,13+,18+/m0/s1. The van der Waals surface area contributed by atoms with Crippen molar-refractivity contribution in [3.05, 3.63) is 28.8 Å². The Morgan fingerprint density at radius 1 is 1.56 bits per heavy atom. The third kappa shape index (κ3) is 3.46. The van der Waals surface area contributed by atoms with E-state index in [9.17, 15) is 4.21 Å². The van der Waals surface area contributed by atoms with E-state index in [0.717, 1.165) is 24.3 Å². The van der Waals surface area contributed by atoms with Crippen molar-refractivity contribution < 1.29 is 8.95 Å². The third-order valence-electron chi connectivity index (χ3n) is 3.13. The van der Waals surface area contributed by atoms with Crippen molar-refractivity contribution in [3.63, 3.8) is 0 Å². The number of anilines is 1. The van der Waals surface area contributed by atoms with Crippen LogP contribution in [0.15, 0.2) is 18.2 Å². The molecule has 0 bridgehead atoms. The van der Waals surface area contributed by atoms with Crippen molar-refractivity contribution in [2.75, 3.05) is 18.2 Å². The summed E-state index contributed by atoms with van der Waals surface area (Å²) in [6.45, 7) is 2.88. The van der Waals surface area contributed by atoms with Gasteiger partial charge in [-0.3, -0.25) is 4.21 Å². The summed E-state index contributed by atoms with van der Waals surface area (Å²) in [7, 11) is -0.883. The highest BCUT2D eigenvalue weighted by molar-refractivity contribution is 7.83. The van der Waals surface area contributed by atoms with Gasteiger partial charge in [0.25, 0.3) is 0 Å². The molecule has 5 heteroatoms. The van der Waals surface area contributed by atoms with Gasteiger partial charge >= 0.3 is 0 Å². The molecule has 0 aromatic heterocycles. The molecule has 1 fully saturated rings. The molecule has 3 atom stereocenters. The highest BCUT2D eigenvalue weighted by Gasteiger charge is 2.23. The summed E-state index contributed by atoms with van der Waals surface area (Å²) in [4.78, 5) is 0. The van der Waals surface area contributed by atoms with E-state index >= 15 is 0 Å². The smallest absolute Gasteiger partial charge is 0.0748 e. The monoisotopic (exact) mass is 287 g/mol. The number of rotatable bonds is 4. The number of ether oxygens (including phenoxy) is 1. The molecule has 0 radical (unpaired) electrons. The molecule has 0 unspecified atom stereocenters. The van der Waals surface area contributed by atoms with E-state index < -0.39 is 10.8 Å². The van der Waals surface area contributed by atoms with Crippen LogP contribution in [0.5, 0.6) is 0 Å². The number of halogens is 1. The molecule has 1 heterocycles. The minimum absolute atomic E-state index is 0.226. The summed E-state index contributed by atoms with van der Waals surface area (Å²) in [6, 6.07) is 6.13. The zero-order chi connectivity index (χ0) is 13.1. The van der Waals surface area contributed by atoms with Crippen LogP contribution in [0.4, 0.5) is 5.69 Å². The van der Waals surface area contributed by atoms with Crippen LogP contribution in [-0.2, 0) is 21.3 Å². The fourth-order valence-corrected chi connectivity index (χ4v) is 3.07.